The highest BCUT2D eigenvalue weighted by Crippen LogP contribution is 2.19. The maximum absolute atomic E-state index is 12.6. The molecule has 7 heteroatoms. The van der Waals surface area contributed by atoms with E-state index in [1.54, 1.807) is 13.8 Å². The van der Waals surface area contributed by atoms with Crippen LogP contribution < -0.4 is 10.9 Å². The average molecular weight is 326 g/mol. The number of carbonyl (C=O) groups excluding carboxylic acids is 1. The molecular formula is C17H18N4O3. The molecule has 0 fully saturated rings. The number of rotatable bonds is 3. The Balaban J connectivity index is 1.94. The number of benzene rings is 1. The lowest BCUT2D eigenvalue weighted by Crippen LogP contribution is -2.32. The molecular weight excluding hydrogens is 308 g/mol. The molecule has 0 aliphatic heterocycles. The number of carbonyl (C=O) groups is 1. The number of aryl methyl sites for hydroxylation is 2. The fraction of sp³-hybridized carbons (Fsp3) is 0.294. The number of anilines is 1. The van der Waals surface area contributed by atoms with Gasteiger partial charge in [0.15, 0.2) is 0 Å². The van der Waals surface area contributed by atoms with E-state index in [0.717, 1.165) is 16.8 Å². The van der Waals surface area contributed by atoms with E-state index in [-0.39, 0.29) is 17.2 Å². The second-order valence-electron chi connectivity index (χ2n) is 5.82. The van der Waals surface area contributed by atoms with Crippen LogP contribution in [0.5, 0.6) is 0 Å². The Kier molecular flexibility index (Phi) is 3.92. The third-order valence-corrected chi connectivity index (χ3v) is 4.25. The van der Waals surface area contributed by atoms with Gasteiger partial charge in [0.25, 0.3) is 11.3 Å². The molecule has 1 N–H and O–H groups in total. The summed E-state index contributed by atoms with van der Waals surface area (Å²) >= 11 is 0. The standard InChI is InChI=1S/C17H18N4O3/c1-9-6-5-7-13(10(9)2)19-15(22)12(4)21-8-18-16-14(17(21)23)11(3)20-24-16/h5-8,12H,1-4H3,(H,19,22)/t12-/m0/s1. The zero-order chi connectivity index (χ0) is 17.4. The van der Waals surface area contributed by atoms with Crippen LogP contribution in [0.2, 0.25) is 0 Å². The van der Waals surface area contributed by atoms with Gasteiger partial charge in [0.1, 0.15) is 17.8 Å². The normalized spacial score (nSPS) is 12.3. The SMILES string of the molecule is Cc1cccc(NC(=O)[C@H](C)n2cnc3onc(C)c3c2=O)c1C. The van der Waals surface area contributed by atoms with Gasteiger partial charge in [-0.05, 0) is 44.9 Å². The zero-order valence-electron chi connectivity index (χ0n) is 14.0. The van der Waals surface area contributed by atoms with E-state index in [2.05, 4.69) is 15.5 Å². The van der Waals surface area contributed by atoms with E-state index in [9.17, 15) is 9.59 Å². The number of aromatic nitrogens is 3. The third kappa shape index (κ3) is 2.58. The molecule has 0 aliphatic rings. The Hall–Kier alpha value is -2.96. The van der Waals surface area contributed by atoms with Crippen LogP contribution in [-0.4, -0.2) is 20.6 Å². The first-order chi connectivity index (χ1) is 11.4. The van der Waals surface area contributed by atoms with Gasteiger partial charge in [-0.2, -0.15) is 0 Å². The van der Waals surface area contributed by atoms with Crippen molar-refractivity contribution < 1.29 is 9.32 Å². The summed E-state index contributed by atoms with van der Waals surface area (Å²) < 4.78 is 6.26. The predicted molar refractivity (Wildman–Crippen MR) is 90.1 cm³/mol. The second-order valence-corrected chi connectivity index (χ2v) is 5.82. The van der Waals surface area contributed by atoms with Crippen LogP contribution in [0.4, 0.5) is 5.69 Å². The van der Waals surface area contributed by atoms with E-state index in [4.69, 9.17) is 4.52 Å². The Morgan fingerprint density at radius 1 is 1.29 bits per heavy atom. The minimum absolute atomic E-state index is 0.177. The molecule has 1 amide bonds. The van der Waals surface area contributed by atoms with Gasteiger partial charge in [0.05, 0.1) is 5.69 Å². The number of nitrogens with zero attached hydrogens (tertiary/aromatic N) is 3. The summed E-state index contributed by atoms with van der Waals surface area (Å²) in [5, 5.41) is 6.90. The van der Waals surface area contributed by atoms with Crippen molar-refractivity contribution in [2.75, 3.05) is 5.32 Å². The van der Waals surface area contributed by atoms with Crippen molar-refractivity contribution in [2.24, 2.45) is 0 Å². The molecule has 3 rings (SSSR count). The average Bonchev–Trinajstić information content (AvgIpc) is 2.93. The zero-order valence-corrected chi connectivity index (χ0v) is 14.0. The fourth-order valence-electron chi connectivity index (χ4n) is 2.51. The van der Waals surface area contributed by atoms with E-state index in [0.29, 0.717) is 11.1 Å². The lowest BCUT2D eigenvalue weighted by Gasteiger charge is -2.16. The molecule has 2 aromatic heterocycles. The number of amides is 1. The third-order valence-electron chi connectivity index (χ3n) is 4.25. The van der Waals surface area contributed by atoms with Crippen LogP contribution in [0.3, 0.4) is 0 Å². The highest BCUT2D eigenvalue weighted by Gasteiger charge is 2.20. The summed E-state index contributed by atoms with van der Waals surface area (Å²) in [6.07, 6.45) is 1.31. The van der Waals surface area contributed by atoms with Gasteiger partial charge in [0.2, 0.25) is 5.91 Å². The number of nitrogens with one attached hydrogen (secondary N) is 1. The molecule has 0 aliphatic carbocycles. The molecule has 0 spiro atoms. The van der Waals surface area contributed by atoms with Crippen molar-refractivity contribution in [1.82, 2.24) is 14.7 Å². The summed E-state index contributed by atoms with van der Waals surface area (Å²) in [7, 11) is 0. The number of hydrogen-bond donors (Lipinski definition) is 1. The molecule has 3 aromatic rings. The van der Waals surface area contributed by atoms with Crippen molar-refractivity contribution >= 4 is 22.7 Å². The lowest BCUT2D eigenvalue weighted by molar-refractivity contribution is -0.118. The van der Waals surface area contributed by atoms with Gasteiger partial charge in [-0.1, -0.05) is 17.3 Å². The van der Waals surface area contributed by atoms with Crippen molar-refractivity contribution in [3.8, 4) is 0 Å². The molecule has 0 unspecified atom stereocenters. The number of fused-ring (bicyclic) bond motifs is 1. The topological polar surface area (TPSA) is 90.0 Å². The molecule has 24 heavy (non-hydrogen) atoms. The first-order valence-electron chi connectivity index (χ1n) is 7.60. The minimum Gasteiger partial charge on any atom is -0.335 e. The minimum atomic E-state index is -0.719. The second kappa shape index (κ2) is 5.92. The quantitative estimate of drug-likeness (QED) is 0.798. The van der Waals surface area contributed by atoms with E-state index in [1.807, 2.05) is 32.0 Å². The van der Waals surface area contributed by atoms with Crippen LogP contribution in [0.15, 0.2) is 33.8 Å². The smallest absolute Gasteiger partial charge is 0.267 e. The van der Waals surface area contributed by atoms with Gasteiger partial charge in [-0.3, -0.25) is 14.2 Å². The maximum Gasteiger partial charge on any atom is 0.267 e. The molecule has 2 heterocycles. The van der Waals surface area contributed by atoms with E-state index >= 15 is 0 Å². The largest absolute Gasteiger partial charge is 0.335 e. The maximum atomic E-state index is 12.6. The molecule has 124 valence electrons. The summed E-state index contributed by atoms with van der Waals surface area (Å²) in [6, 6.07) is 4.97. The highest BCUT2D eigenvalue weighted by molar-refractivity contribution is 5.94. The van der Waals surface area contributed by atoms with Gasteiger partial charge in [-0.25, -0.2) is 4.98 Å². The summed E-state index contributed by atoms with van der Waals surface area (Å²) in [4.78, 5) is 29.2. The van der Waals surface area contributed by atoms with Crippen molar-refractivity contribution in [2.45, 2.75) is 33.7 Å². The van der Waals surface area contributed by atoms with Crippen molar-refractivity contribution in [3.05, 3.63) is 51.7 Å². The van der Waals surface area contributed by atoms with Gasteiger partial charge >= 0.3 is 0 Å². The van der Waals surface area contributed by atoms with Crippen LogP contribution in [0.1, 0.15) is 29.8 Å². The summed E-state index contributed by atoms with van der Waals surface area (Å²) in [5.41, 5.74) is 3.10. The Morgan fingerprint density at radius 2 is 2.04 bits per heavy atom. The molecule has 0 radical (unpaired) electrons. The summed E-state index contributed by atoms with van der Waals surface area (Å²) in [6.45, 7) is 7.24. The Morgan fingerprint density at radius 3 is 2.79 bits per heavy atom. The predicted octanol–water partition coefficient (Wildman–Crippen LogP) is 2.51. The molecule has 7 nitrogen and oxygen atoms in total. The molecule has 1 atom stereocenters. The number of hydrogen-bond acceptors (Lipinski definition) is 5. The summed E-state index contributed by atoms with van der Waals surface area (Å²) in [5.74, 6) is -0.291. The van der Waals surface area contributed by atoms with Crippen LogP contribution in [0, 0.1) is 20.8 Å². The lowest BCUT2D eigenvalue weighted by atomic mass is 10.1. The molecule has 0 saturated carbocycles. The highest BCUT2D eigenvalue weighted by atomic mass is 16.5. The van der Waals surface area contributed by atoms with Crippen molar-refractivity contribution in [3.63, 3.8) is 0 Å². The molecule has 1 aromatic carbocycles. The van der Waals surface area contributed by atoms with Gasteiger partial charge in [-0.15, -0.1) is 0 Å². The first kappa shape index (κ1) is 15.9. The van der Waals surface area contributed by atoms with Crippen molar-refractivity contribution in [1.29, 1.82) is 0 Å². The van der Waals surface area contributed by atoms with E-state index in [1.165, 1.54) is 10.9 Å². The van der Waals surface area contributed by atoms with Crippen LogP contribution in [0.25, 0.3) is 11.1 Å². The molecule has 0 bridgehead atoms. The fourth-order valence-corrected chi connectivity index (χ4v) is 2.51. The molecule has 0 saturated heterocycles. The van der Waals surface area contributed by atoms with Gasteiger partial charge < -0.3 is 9.84 Å². The van der Waals surface area contributed by atoms with E-state index < -0.39 is 6.04 Å². The monoisotopic (exact) mass is 326 g/mol. The first-order valence-corrected chi connectivity index (χ1v) is 7.60. The van der Waals surface area contributed by atoms with Gasteiger partial charge in [0, 0.05) is 5.69 Å². The Bertz CT molecular complexity index is 987. The Labute approximate surface area is 138 Å². The van der Waals surface area contributed by atoms with Crippen LogP contribution >= 0.6 is 0 Å². The van der Waals surface area contributed by atoms with Crippen LogP contribution in [-0.2, 0) is 4.79 Å².